The third kappa shape index (κ3) is 7.02. The molecule has 0 unspecified atom stereocenters. The Bertz CT molecular complexity index is 1060. The van der Waals surface area contributed by atoms with E-state index in [0.29, 0.717) is 34.9 Å². The highest BCUT2D eigenvalue weighted by Crippen LogP contribution is 2.36. The molecule has 2 N–H and O–H groups in total. The lowest BCUT2D eigenvalue weighted by Crippen LogP contribution is -2.24. The van der Waals surface area contributed by atoms with Gasteiger partial charge in [-0.25, -0.2) is 10.2 Å². The molecule has 0 spiro atoms. The zero-order chi connectivity index (χ0) is 22.8. The van der Waals surface area contributed by atoms with E-state index in [9.17, 15) is 4.79 Å². The standard InChI is InChI=1S/C24H24BrN3O4/c1-17-8-10-20(11-9-17)31-12-13-32-23-21(25)14-18(15-22(23)30-2)16-26-28-24(29)27-19-6-4-3-5-7-19/h3-11,14-16H,12-13H2,1-2H3,(H2,27,28,29)/b26-16-. The number of benzene rings is 3. The van der Waals surface area contributed by atoms with Crippen molar-refractivity contribution in [2.45, 2.75) is 6.92 Å². The van der Waals surface area contributed by atoms with Gasteiger partial charge in [0, 0.05) is 5.69 Å². The van der Waals surface area contributed by atoms with E-state index in [0.717, 1.165) is 11.3 Å². The Balaban J connectivity index is 1.53. The molecule has 0 bridgehead atoms. The molecule has 0 atom stereocenters. The van der Waals surface area contributed by atoms with Crippen LogP contribution in [0.4, 0.5) is 10.5 Å². The van der Waals surface area contributed by atoms with Gasteiger partial charge in [0.05, 0.1) is 17.8 Å². The number of methoxy groups -OCH3 is 1. The highest BCUT2D eigenvalue weighted by atomic mass is 79.9. The predicted octanol–water partition coefficient (Wildman–Crippen LogP) is 5.38. The van der Waals surface area contributed by atoms with Gasteiger partial charge in [-0.2, -0.15) is 5.10 Å². The van der Waals surface area contributed by atoms with Gasteiger partial charge in [0.2, 0.25) is 0 Å². The first kappa shape index (κ1) is 23.1. The number of anilines is 1. The Kier molecular flexibility index (Phi) is 8.51. The molecule has 0 radical (unpaired) electrons. The van der Waals surface area contributed by atoms with Gasteiger partial charge in [0.1, 0.15) is 19.0 Å². The number of hydrogen-bond acceptors (Lipinski definition) is 5. The third-order valence-corrected chi connectivity index (χ3v) is 4.87. The van der Waals surface area contributed by atoms with Crippen molar-refractivity contribution in [1.82, 2.24) is 5.43 Å². The molecule has 2 amide bonds. The maximum Gasteiger partial charge on any atom is 0.339 e. The number of hydrogen-bond donors (Lipinski definition) is 2. The number of hydrazone groups is 1. The van der Waals surface area contributed by atoms with Crippen LogP contribution in [0.1, 0.15) is 11.1 Å². The van der Waals surface area contributed by atoms with Gasteiger partial charge in [-0.1, -0.05) is 35.9 Å². The van der Waals surface area contributed by atoms with Crippen LogP contribution in [0, 0.1) is 6.92 Å². The largest absolute Gasteiger partial charge is 0.493 e. The fraction of sp³-hybridized carbons (Fsp3) is 0.167. The van der Waals surface area contributed by atoms with Crippen LogP contribution >= 0.6 is 15.9 Å². The van der Waals surface area contributed by atoms with Gasteiger partial charge >= 0.3 is 6.03 Å². The zero-order valence-electron chi connectivity index (χ0n) is 17.8. The minimum absolute atomic E-state index is 0.345. The number of halogens is 1. The van der Waals surface area contributed by atoms with Gasteiger partial charge in [-0.15, -0.1) is 0 Å². The Morgan fingerprint density at radius 1 is 1.03 bits per heavy atom. The number of carbonyl (C=O) groups is 1. The fourth-order valence-electron chi connectivity index (χ4n) is 2.74. The lowest BCUT2D eigenvalue weighted by molar-refractivity contribution is 0.210. The van der Waals surface area contributed by atoms with Crippen molar-refractivity contribution in [3.05, 3.63) is 82.3 Å². The summed E-state index contributed by atoms with van der Waals surface area (Å²) in [6.45, 7) is 2.76. The molecule has 0 heterocycles. The maximum atomic E-state index is 11.9. The summed E-state index contributed by atoms with van der Waals surface area (Å²) in [5.74, 6) is 1.89. The van der Waals surface area contributed by atoms with Crippen molar-refractivity contribution in [2.75, 3.05) is 25.6 Å². The molecule has 0 aliphatic carbocycles. The molecule has 3 aromatic rings. The number of ether oxygens (including phenoxy) is 3. The minimum Gasteiger partial charge on any atom is -0.493 e. The van der Waals surface area contributed by atoms with E-state index in [4.69, 9.17) is 14.2 Å². The molecule has 0 saturated carbocycles. The summed E-state index contributed by atoms with van der Waals surface area (Å²) in [5.41, 5.74) is 5.00. The summed E-state index contributed by atoms with van der Waals surface area (Å²) in [5, 5.41) is 6.66. The van der Waals surface area contributed by atoms with Crippen LogP contribution in [0.3, 0.4) is 0 Å². The first-order valence-electron chi connectivity index (χ1n) is 9.90. The zero-order valence-corrected chi connectivity index (χ0v) is 19.4. The summed E-state index contributed by atoms with van der Waals surface area (Å²) in [4.78, 5) is 11.9. The summed E-state index contributed by atoms with van der Waals surface area (Å²) in [6, 6.07) is 20.1. The number of carbonyl (C=O) groups excluding carboxylic acids is 1. The third-order valence-electron chi connectivity index (χ3n) is 4.28. The molecule has 3 rings (SSSR count). The van der Waals surface area contributed by atoms with E-state index < -0.39 is 6.03 Å². The van der Waals surface area contributed by atoms with E-state index in [1.54, 1.807) is 25.3 Å². The Morgan fingerprint density at radius 2 is 1.75 bits per heavy atom. The molecule has 0 aliphatic rings. The van der Waals surface area contributed by atoms with Crippen LogP contribution in [0.2, 0.25) is 0 Å². The first-order valence-corrected chi connectivity index (χ1v) is 10.7. The highest BCUT2D eigenvalue weighted by molar-refractivity contribution is 9.10. The molecule has 0 aliphatic heterocycles. The second kappa shape index (κ2) is 11.8. The summed E-state index contributed by atoms with van der Waals surface area (Å²) in [6.07, 6.45) is 1.52. The number of amides is 2. The van der Waals surface area contributed by atoms with Crippen LogP contribution in [0.15, 0.2) is 76.3 Å². The Labute approximate surface area is 195 Å². The van der Waals surface area contributed by atoms with Crippen LogP contribution < -0.4 is 25.0 Å². The van der Waals surface area contributed by atoms with E-state index in [-0.39, 0.29) is 0 Å². The van der Waals surface area contributed by atoms with Crippen LogP contribution in [-0.2, 0) is 0 Å². The average Bonchev–Trinajstić information content (AvgIpc) is 2.79. The second-order valence-electron chi connectivity index (χ2n) is 6.73. The Morgan fingerprint density at radius 3 is 2.47 bits per heavy atom. The van der Waals surface area contributed by atoms with Crippen molar-refractivity contribution in [2.24, 2.45) is 5.10 Å². The smallest absolute Gasteiger partial charge is 0.339 e. The molecule has 3 aromatic carbocycles. The van der Waals surface area contributed by atoms with Gasteiger partial charge in [0.25, 0.3) is 0 Å². The molecule has 8 heteroatoms. The normalized spacial score (nSPS) is 10.6. The average molecular weight is 498 g/mol. The highest BCUT2D eigenvalue weighted by Gasteiger charge is 2.11. The monoisotopic (exact) mass is 497 g/mol. The molecule has 0 aromatic heterocycles. The maximum absolute atomic E-state index is 11.9. The number of nitrogens with one attached hydrogen (secondary N) is 2. The molecular formula is C24H24BrN3O4. The van der Waals surface area contributed by atoms with Crippen molar-refractivity contribution in [3.8, 4) is 17.2 Å². The van der Waals surface area contributed by atoms with Gasteiger partial charge in [0.15, 0.2) is 11.5 Å². The lowest BCUT2D eigenvalue weighted by atomic mass is 10.2. The summed E-state index contributed by atoms with van der Waals surface area (Å²) < 4.78 is 17.7. The van der Waals surface area contributed by atoms with Crippen LogP contribution in [-0.4, -0.2) is 32.6 Å². The van der Waals surface area contributed by atoms with Gasteiger partial charge in [-0.05, 0) is 64.8 Å². The molecule has 7 nitrogen and oxygen atoms in total. The van der Waals surface area contributed by atoms with Crippen molar-refractivity contribution >= 4 is 33.9 Å². The molecular weight excluding hydrogens is 474 g/mol. The lowest BCUT2D eigenvalue weighted by Gasteiger charge is -2.14. The van der Waals surface area contributed by atoms with E-state index >= 15 is 0 Å². The Hall–Kier alpha value is -3.52. The van der Waals surface area contributed by atoms with Crippen LogP contribution in [0.25, 0.3) is 0 Å². The number of urea groups is 1. The minimum atomic E-state index is -0.438. The van der Waals surface area contributed by atoms with Crippen LogP contribution in [0.5, 0.6) is 17.2 Å². The van der Waals surface area contributed by atoms with Crippen molar-refractivity contribution in [1.29, 1.82) is 0 Å². The van der Waals surface area contributed by atoms with Gasteiger partial charge < -0.3 is 19.5 Å². The number of nitrogens with zero attached hydrogens (tertiary/aromatic N) is 1. The van der Waals surface area contributed by atoms with E-state index in [1.807, 2.05) is 55.5 Å². The number of aryl methyl sites for hydroxylation is 1. The molecule has 32 heavy (non-hydrogen) atoms. The van der Waals surface area contributed by atoms with E-state index in [2.05, 4.69) is 31.8 Å². The van der Waals surface area contributed by atoms with E-state index in [1.165, 1.54) is 11.8 Å². The fourth-order valence-corrected chi connectivity index (χ4v) is 3.31. The number of para-hydroxylation sites is 1. The first-order chi connectivity index (χ1) is 15.5. The second-order valence-corrected chi connectivity index (χ2v) is 7.59. The van der Waals surface area contributed by atoms with Gasteiger partial charge in [-0.3, -0.25) is 0 Å². The molecule has 0 fully saturated rings. The quantitative estimate of drug-likeness (QED) is 0.236. The SMILES string of the molecule is COc1cc(/C=N\NC(=O)Nc2ccccc2)cc(Br)c1OCCOc1ccc(C)cc1. The topological polar surface area (TPSA) is 81.2 Å². The summed E-state index contributed by atoms with van der Waals surface area (Å²) in [7, 11) is 1.56. The molecule has 166 valence electrons. The summed E-state index contributed by atoms with van der Waals surface area (Å²) >= 11 is 3.50. The molecule has 0 saturated heterocycles. The van der Waals surface area contributed by atoms with Crippen molar-refractivity contribution in [3.63, 3.8) is 0 Å². The number of rotatable bonds is 9. The predicted molar refractivity (Wildman–Crippen MR) is 129 cm³/mol. The van der Waals surface area contributed by atoms with Crippen molar-refractivity contribution < 1.29 is 19.0 Å².